The molecule has 1 rings (SSSR count). The molecule has 1 atom stereocenters. The van der Waals surface area contributed by atoms with Gasteiger partial charge < -0.3 is 19.7 Å². The van der Waals surface area contributed by atoms with Crippen molar-refractivity contribution in [2.45, 2.75) is 6.10 Å². The van der Waals surface area contributed by atoms with Crippen LogP contribution in [0.25, 0.3) is 0 Å². The van der Waals surface area contributed by atoms with Crippen LogP contribution >= 0.6 is 17.0 Å². The van der Waals surface area contributed by atoms with Gasteiger partial charge in [0.15, 0.2) is 11.5 Å². The zero-order valence-electron chi connectivity index (χ0n) is 8.42. The van der Waals surface area contributed by atoms with E-state index in [0.717, 1.165) is 0 Å². The van der Waals surface area contributed by atoms with E-state index in [4.69, 9.17) is 19.7 Å². The predicted molar refractivity (Wildman–Crippen MR) is 61.9 cm³/mol. The SMILES string of the molecule is Br.COc1ccccc1OCC(O)CO. The summed E-state index contributed by atoms with van der Waals surface area (Å²) in [5, 5.41) is 17.6. The highest BCUT2D eigenvalue weighted by Gasteiger charge is 2.06. The van der Waals surface area contributed by atoms with Gasteiger partial charge in [-0.3, -0.25) is 0 Å². The fourth-order valence-corrected chi connectivity index (χ4v) is 0.977. The van der Waals surface area contributed by atoms with E-state index in [0.29, 0.717) is 11.5 Å². The molecule has 0 saturated heterocycles. The number of para-hydroxylation sites is 2. The average Bonchev–Trinajstić information content (AvgIpc) is 2.26. The van der Waals surface area contributed by atoms with Crippen LogP contribution in [0.4, 0.5) is 0 Å². The Balaban J connectivity index is 0.00000196. The highest BCUT2D eigenvalue weighted by molar-refractivity contribution is 8.93. The van der Waals surface area contributed by atoms with E-state index in [1.807, 2.05) is 12.1 Å². The standard InChI is InChI=1S/C10H14O4.BrH/c1-13-9-4-2-3-5-10(9)14-7-8(12)6-11;/h2-5,8,11-12H,6-7H2,1H3;1H. The van der Waals surface area contributed by atoms with E-state index in [9.17, 15) is 0 Å². The van der Waals surface area contributed by atoms with Crippen LogP contribution in [0.5, 0.6) is 11.5 Å². The number of aliphatic hydroxyl groups excluding tert-OH is 2. The summed E-state index contributed by atoms with van der Waals surface area (Å²) in [6.45, 7) is -0.258. The highest BCUT2D eigenvalue weighted by Crippen LogP contribution is 2.25. The molecule has 0 saturated carbocycles. The van der Waals surface area contributed by atoms with Gasteiger partial charge in [0.05, 0.1) is 13.7 Å². The fourth-order valence-electron chi connectivity index (χ4n) is 0.977. The molecule has 1 aromatic rings. The summed E-state index contributed by atoms with van der Waals surface area (Å²) in [6, 6.07) is 7.14. The molecule has 1 unspecified atom stereocenters. The second-order valence-corrected chi connectivity index (χ2v) is 2.80. The molecule has 15 heavy (non-hydrogen) atoms. The highest BCUT2D eigenvalue weighted by atomic mass is 79.9. The molecule has 1 aromatic carbocycles. The number of hydrogen-bond donors (Lipinski definition) is 2. The topological polar surface area (TPSA) is 58.9 Å². The van der Waals surface area contributed by atoms with Gasteiger partial charge in [0.25, 0.3) is 0 Å². The van der Waals surface area contributed by atoms with Crippen LogP contribution in [0.2, 0.25) is 0 Å². The zero-order valence-corrected chi connectivity index (χ0v) is 10.1. The Morgan fingerprint density at radius 2 is 1.87 bits per heavy atom. The van der Waals surface area contributed by atoms with Crippen molar-refractivity contribution >= 4 is 17.0 Å². The Bertz CT molecular complexity index is 280. The lowest BCUT2D eigenvalue weighted by molar-refractivity contribution is 0.0527. The van der Waals surface area contributed by atoms with Gasteiger partial charge in [0.2, 0.25) is 0 Å². The van der Waals surface area contributed by atoms with Crippen molar-refractivity contribution in [3.63, 3.8) is 0 Å². The van der Waals surface area contributed by atoms with Crippen LogP contribution in [-0.2, 0) is 0 Å². The third-order valence-electron chi connectivity index (χ3n) is 1.71. The Hall–Kier alpha value is -0.780. The second-order valence-electron chi connectivity index (χ2n) is 2.80. The molecule has 86 valence electrons. The van der Waals surface area contributed by atoms with Gasteiger partial charge in [0, 0.05) is 0 Å². The first-order valence-corrected chi connectivity index (χ1v) is 4.32. The van der Waals surface area contributed by atoms with Gasteiger partial charge in [-0.05, 0) is 12.1 Å². The minimum Gasteiger partial charge on any atom is -0.493 e. The van der Waals surface area contributed by atoms with Crippen molar-refractivity contribution in [1.29, 1.82) is 0 Å². The molecule has 0 aliphatic rings. The van der Waals surface area contributed by atoms with Gasteiger partial charge in [0.1, 0.15) is 12.7 Å². The number of halogens is 1. The Labute approximate surface area is 99.2 Å². The van der Waals surface area contributed by atoms with Crippen LogP contribution in [0.15, 0.2) is 24.3 Å². The molecule has 0 aliphatic heterocycles. The van der Waals surface area contributed by atoms with Crippen LogP contribution < -0.4 is 9.47 Å². The van der Waals surface area contributed by atoms with Gasteiger partial charge in [-0.25, -0.2) is 0 Å². The minimum atomic E-state index is -0.861. The van der Waals surface area contributed by atoms with Crippen molar-refractivity contribution in [1.82, 2.24) is 0 Å². The molecule has 5 heteroatoms. The lowest BCUT2D eigenvalue weighted by Gasteiger charge is -2.12. The summed E-state index contributed by atoms with van der Waals surface area (Å²) in [5.41, 5.74) is 0. The molecule has 0 spiro atoms. The molecule has 2 N–H and O–H groups in total. The van der Waals surface area contributed by atoms with Crippen LogP contribution in [0, 0.1) is 0 Å². The number of ether oxygens (including phenoxy) is 2. The van der Waals surface area contributed by atoms with E-state index in [1.54, 1.807) is 19.2 Å². The summed E-state index contributed by atoms with van der Waals surface area (Å²) in [7, 11) is 1.55. The molecule has 0 aliphatic carbocycles. The predicted octanol–water partition coefficient (Wildman–Crippen LogP) is 1.01. The molecule has 0 aromatic heterocycles. The lowest BCUT2D eigenvalue weighted by Crippen LogP contribution is -2.21. The largest absolute Gasteiger partial charge is 0.493 e. The van der Waals surface area contributed by atoms with Crippen molar-refractivity contribution < 1.29 is 19.7 Å². The first kappa shape index (κ1) is 14.2. The Kier molecular flexibility index (Phi) is 7.11. The summed E-state index contributed by atoms with van der Waals surface area (Å²) in [4.78, 5) is 0. The maximum atomic E-state index is 9.07. The fraction of sp³-hybridized carbons (Fsp3) is 0.400. The molecule has 0 heterocycles. The molecule has 0 amide bonds. The van der Waals surface area contributed by atoms with E-state index in [2.05, 4.69) is 0 Å². The summed E-state index contributed by atoms with van der Waals surface area (Å²) < 4.78 is 10.3. The molecule has 0 bridgehead atoms. The summed E-state index contributed by atoms with van der Waals surface area (Å²) in [6.07, 6.45) is -0.861. The number of rotatable bonds is 5. The Morgan fingerprint density at radius 3 is 2.40 bits per heavy atom. The normalized spacial score (nSPS) is 11.4. The van der Waals surface area contributed by atoms with E-state index < -0.39 is 6.10 Å². The van der Waals surface area contributed by atoms with E-state index in [1.165, 1.54) is 0 Å². The zero-order chi connectivity index (χ0) is 10.4. The summed E-state index contributed by atoms with van der Waals surface area (Å²) >= 11 is 0. The van der Waals surface area contributed by atoms with Crippen molar-refractivity contribution in [3.8, 4) is 11.5 Å². The minimum absolute atomic E-state index is 0. The van der Waals surface area contributed by atoms with Gasteiger partial charge >= 0.3 is 0 Å². The van der Waals surface area contributed by atoms with Crippen molar-refractivity contribution in [2.75, 3.05) is 20.3 Å². The van der Waals surface area contributed by atoms with Crippen LogP contribution in [-0.4, -0.2) is 36.6 Å². The van der Waals surface area contributed by atoms with Crippen molar-refractivity contribution in [2.24, 2.45) is 0 Å². The maximum absolute atomic E-state index is 9.07. The number of benzene rings is 1. The summed E-state index contributed by atoms with van der Waals surface area (Å²) in [5.74, 6) is 1.17. The van der Waals surface area contributed by atoms with Crippen LogP contribution in [0.3, 0.4) is 0 Å². The van der Waals surface area contributed by atoms with Gasteiger partial charge in [-0.15, -0.1) is 17.0 Å². The van der Waals surface area contributed by atoms with E-state index in [-0.39, 0.29) is 30.2 Å². The Morgan fingerprint density at radius 1 is 1.27 bits per heavy atom. The molecule has 4 nitrogen and oxygen atoms in total. The van der Waals surface area contributed by atoms with Crippen molar-refractivity contribution in [3.05, 3.63) is 24.3 Å². The molecular formula is C10H15BrO4. The second kappa shape index (κ2) is 7.50. The van der Waals surface area contributed by atoms with Gasteiger partial charge in [-0.2, -0.15) is 0 Å². The molecular weight excluding hydrogens is 264 g/mol. The lowest BCUT2D eigenvalue weighted by atomic mass is 10.3. The smallest absolute Gasteiger partial charge is 0.161 e. The number of hydrogen-bond acceptors (Lipinski definition) is 4. The monoisotopic (exact) mass is 278 g/mol. The number of methoxy groups -OCH3 is 1. The first-order chi connectivity index (χ1) is 6.77. The van der Waals surface area contributed by atoms with Gasteiger partial charge in [-0.1, -0.05) is 12.1 Å². The first-order valence-electron chi connectivity index (χ1n) is 4.32. The third-order valence-corrected chi connectivity index (χ3v) is 1.71. The number of aliphatic hydroxyl groups is 2. The molecule has 0 fully saturated rings. The third kappa shape index (κ3) is 4.51. The van der Waals surface area contributed by atoms with E-state index >= 15 is 0 Å². The average molecular weight is 279 g/mol. The quantitative estimate of drug-likeness (QED) is 0.844. The maximum Gasteiger partial charge on any atom is 0.161 e. The van der Waals surface area contributed by atoms with Crippen LogP contribution in [0.1, 0.15) is 0 Å². The molecule has 0 radical (unpaired) electrons.